The number of carbonyl (C=O) groups is 3. The zero-order valence-corrected chi connectivity index (χ0v) is 26.3. The summed E-state index contributed by atoms with van der Waals surface area (Å²) in [6.45, 7) is 3.09. The number of benzene rings is 3. The number of nitrogens with zero attached hydrogens (tertiary/aromatic N) is 1. The minimum absolute atomic E-state index is 0.0173. The van der Waals surface area contributed by atoms with E-state index in [0.29, 0.717) is 45.6 Å². The van der Waals surface area contributed by atoms with Crippen molar-refractivity contribution in [1.82, 2.24) is 20.9 Å². The molecule has 234 valence electrons. The number of nitrogens with two attached hydrogens (primary N) is 1. The van der Waals surface area contributed by atoms with Gasteiger partial charge in [0.2, 0.25) is 11.8 Å². The van der Waals surface area contributed by atoms with Crippen molar-refractivity contribution in [2.75, 3.05) is 19.7 Å². The van der Waals surface area contributed by atoms with E-state index in [9.17, 15) is 14.4 Å². The maximum absolute atomic E-state index is 13.7. The Bertz CT molecular complexity index is 1580. The van der Waals surface area contributed by atoms with Crippen molar-refractivity contribution in [3.8, 4) is 5.75 Å². The summed E-state index contributed by atoms with van der Waals surface area (Å²) in [7, 11) is 0. The molecule has 1 aromatic heterocycles. The minimum atomic E-state index is -0.778. The van der Waals surface area contributed by atoms with Gasteiger partial charge >= 0.3 is 0 Å². The predicted octanol–water partition coefficient (Wildman–Crippen LogP) is 4.98. The van der Waals surface area contributed by atoms with Crippen LogP contribution in [0.15, 0.2) is 91.3 Å². The van der Waals surface area contributed by atoms with Crippen LogP contribution in [0, 0.1) is 0 Å². The Morgan fingerprint density at radius 2 is 1.36 bits per heavy atom. The van der Waals surface area contributed by atoms with Crippen molar-refractivity contribution < 1.29 is 19.1 Å². The third-order valence-corrected chi connectivity index (χ3v) is 7.93. The Kier molecular flexibility index (Phi) is 12.3. The summed E-state index contributed by atoms with van der Waals surface area (Å²) in [5.74, 6) is -1.89. The lowest BCUT2D eigenvalue weighted by atomic mass is 9.95. The minimum Gasteiger partial charge on any atom is -0.494 e. The number of halogens is 2. The largest absolute Gasteiger partial charge is 0.494 e. The van der Waals surface area contributed by atoms with E-state index >= 15 is 0 Å². The molecule has 4 rings (SSSR count). The average molecular weight is 649 g/mol. The lowest BCUT2D eigenvalue weighted by Crippen LogP contribution is -2.41. The number of hydrogen-bond donors (Lipinski definition) is 4. The fraction of sp³-hybridized carbons (Fsp3) is 0.235. The van der Waals surface area contributed by atoms with Crippen LogP contribution >= 0.6 is 23.2 Å². The van der Waals surface area contributed by atoms with Crippen LogP contribution in [0.5, 0.6) is 5.75 Å². The highest BCUT2D eigenvalue weighted by atomic mass is 35.5. The summed E-state index contributed by atoms with van der Waals surface area (Å²) in [5, 5.41) is 9.37. The number of amides is 3. The van der Waals surface area contributed by atoms with Gasteiger partial charge in [0.25, 0.3) is 5.91 Å². The van der Waals surface area contributed by atoms with Gasteiger partial charge in [-0.2, -0.15) is 0 Å². The molecule has 0 fully saturated rings. The van der Waals surface area contributed by atoms with Gasteiger partial charge in [-0.1, -0.05) is 65.7 Å². The van der Waals surface area contributed by atoms with Crippen molar-refractivity contribution in [2.24, 2.45) is 5.73 Å². The van der Waals surface area contributed by atoms with Crippen LogP contribution in [0.25, 0.3) is 0 Å². The summed E-state index contributed by atoms with van der Waals surface area (Å²) in [4.78, 5) is 44.0. The Balaban J connectivity index is 1.52. The third kappa shape index (κ3) is 9.52. The lowest BCUT2D eigenvalue weighted by molar-refractivity contribution is -0.124. The van der Waals surface area contributed by atoms with Crippen molar-refractivity contribution in [1.29, 1.82) is 0 Å². The third-order valence-electron chi connectivity index (χ3n) is 7.19. The quantitative estimate of drug-likeness (QED) is 0.153. The van der Waals surface area contributed by atoms with E-state index in [1.165, 1.54) is 12.4 Å². The number of aromatic nitrogens is 1. The van der Waals surface area contributed by atoms with E-state index in [-0.39, 0.29) is 37.4 Å². The Morgan fingerprint density at radius 3 is 2.00 bits per heavy atom. The van der Waals surface area contributed by atoms with Crippen LogP contribution < -0.4 is 26.4 Å². The van der Waals surface area contributed by atoms with Gasteiger partial charge in [0.1, 0.15) is 5.75 Å². The van der Waals surface area contributed by atoms with E-state index in [2.05, 4.69) is 20.9 Å². The van der Waals surface area contributed by atoms with Crippen LogP contribution in [0.2, 0.25) is 10.0 Å². The summed E-state index contributed by atoms with van der Waals surface area (Å²) in [6.07, 6.45) is 3.05. The van der Waals surface area contributed by atoms with Gasteiger partial charge in [0, 0.05) is 44.1 Å². The molecule has 0 saturated carbocycles. The smallest absolute Gasteiger partial charge is 0.251 e. The van der Waals surface area contributed by atoms with Gasteiger partial charge in [-0.15, -0.1) is 0 Å². The molecule has 2 atom stereocenters. The fourth-order valence-electron chi connectivity index (χ4n) is 4.65. The summed E-state index contributed by atoms with van der Waals surface area (Å²) < 4.78 is 5.55. The average Bonchev–Trinajstić information content (AvgIpc) is 3.06. The molecular formula is C34H35Cl2N5O4. The molecular weight excluding hydrogens is 613 g/mol. The molecule has 0 radical (unpaired) electrons. The number of rotatable bonds is 14. The molecule has 0 bridgehead atoms. The van der Waals surface area contributed by atoms with Crippen LogP contribution in [-0.4, -0.2) is 42.4 Å². The predicted molar refractivity (Wildman–Crippen MR) is 175 cm³/mol. The topological polar surface area (TPSA) is 135 Å². The maximum atomic E-state index is 13.7. The molecule has 0 unspecified atom stereocenters. The molecule has 0 aliphatic carbocycles. The molecule has 3 amide bonds. The van der Waals surface area contributed by atoms with Gasteiger partial charge in [-0.25, -0.2) is 0 Å². The summed E-state index contributed by atoms with van der Waals surface area (Å²) in [6, 6.07) is 22.9. The Labute approximate surface area is 272 Å². The fourth-order valence-corrected chi connectivity index (χ4v) is 4.95. The number of pyridine rings is 1. The maximum Gasteiger partial charge on any atom is 0.251 e. The highest BCUT2D eigenvalue weighted by Crippen LogP contribution is 2.27. The van der Waals surface area contributed by atoms with Crippen molar-refractivity contribution in [3.63, 3.8) is 0 Å². The van der Waals surface area contributed by atoms with Crippen LogP contribution in [-0.2, 0) is 22.7 Å². The lowest BCUT2D eigenvalue weighted by Gasteiger charge is -2.22. The van der Waals surface area contributed by atoms with Crippen molar-refractivity contribution in [3.05, 3.63) is 129 Å². The molecule has 3 aromatic carbocycles. The van der Waals surface area contributed by atoms with E-state index < -0.39 is 11.8 Å². The van der Waals surface area contributed by atoms with E-state index in [4.69, 9.17) is 33.7 Å². The standard InChI is InChI=1S/C34H35Cl2N5O4/c1-2-45-27-10-7-24(8-11-27)28(20-40-32(42)25-13-15-38-16-14-25)33(43)41-21-29(26-9-12-30(35)31(36)17-26)34(44)39-19-23-5-3-22(18-37)4-6-23/h3-17,28-29H,2,18-21,37H2,1H3,(H,39,44)(H,40,42)(H,41,43)/t28-,29+/m1/s1. The van der Waals surface area contributed by atoms with E-state index in [1.807, 2.05) is 31.2 Å². The van der Waals surface area contributed by atoms with Crippen molar-refractivity contribution >= 4 is 40.9 Å². The number of ether oxygens (including phenoxy) is 1. The molecule has 11 heteroatoms. The molecule has 0 saturated heterocycles. The first-order valence-corrected chi connectivity index (χ1v) is 15.2. The number of nitrogens with one attached hydrogen (secondary N) is 3. The van der Waals surface area contributed by atoms with Gasteiger partial charge in [0.15, 0.2) is 0 Å². The second-order valence-electron chi connectivity index (χ2n) is 10.2. The highest BCUT2D eigenvalue weighted by Gasteiger charge is 2.26. The normalized spacial score (nSPS) is 12.1. The monoisotopic (exact) mass is 647 g/mol. The highest BCUT2D eigenvalue weighted by molar-refractivity contribution is 6.42. The number of carbonyl (C=O) groups excluding carboxylic acids is 3. The van der Waals surface area contributed by atoms with Gasteiger partial charge in [0.05, 0.1) is 28.5 Å². The first-order valence-electron chi connectivity index (χ1n) is 14.5. The van der Waals surface area contributed by atoms with Gasteiger partial charge in [-0.05, 0) is 65.6 Å². The zero-order chi connectivity index (χ0) is 32.2. The van der Waals surface area contributed by atoms with Crippen LogP contribution in [0.4, 0.5) is 0 Å². The van der Waals surface area contributed by atoms with Gasteiger partial charge in [-0.3, -0.25) is 19.4 Å². The van der Waals surface area contributed by atoms with Gasteiger partial charge < -0.3 is 26.4 Å². The molecule has 1 heterocycles. The second kappa shape index (κ2) is 16.6. The Morgan fingerprint density at radius 1 is 0.756 bits per heavy atom. The van der Waals surface area contributed by atoms with Crippen LogP contribution in [0.3, 0.4) is 0 Å². The first-order chi connectivity index (χ1) is 21.8. The number of hydrogen-bond acceptors (Lipinski definition) is 6. The molecule has 0 aliphatic rings. The van der Waals surface area contributed by atoms with E-state index in [0.717, 1.165) is 11.1 Å². The SMILES string of the molecule is CCOc1ccc([C@@H](CNC(=O)c2ccncc2)C(=O)NC[C@H](C(=O)NCc2ccc(CN)cc2)c2ccc(Cl)c(Cl)c2)cc1. The summed E-state index contributed by atoms with van der Waals surface area (Å²) in [5.41, 5.74) is 9.26. The Hall–Kier alpha value is -4.44. The second-order valence-corrected chi connectivity index (χ2v) is 11.0. The van der Waals surface area contributed by atoms with Crippen LogP contribution in [0.1, 0.15) is 51.4 Å². The molecule has 4 aromatic rings. The zero-order valence-electron chi connectivity index (χ0n) is 24.8. The first kappa shape index (κ1) is 33.5. The molecule has 0 spiro atoms. The van der Waals surface area contributed by atoms with Crippen molar-refractivity contribution in [2.45, 2.75) is 31.8 Å². The molecule has 9 nitrogen and oxygen atoms in total. The molecule has 5 N–H and O–H groups in total. The summed E-state index contributed by atoms with van der Waals surface area (Å²) >= 11 is 12.4. The van der Waals surface area contributed by atoms with E-state index in [1.54, 1.807) is 54.6 Å². The molecule has 0 aliphatic heterocycles. The molecule has 45 heavy (non-hydrogen) atoms.